The maximum Gasteiger partial charge on any atom is 0.251 e. The molecule has 0 bridgehead atoms. The van der Waals surface area contributed by atoms with Gasteiger partial charge in [0.25, 0.3) is 5.56 Å². The summed E-state index contributed by atoms with van der Waals surface area (Å²) in [4.78, 5) is 26.5. The lowest BCUT2D eigenvalue weighted by Gasteiger charge is -2.08. The van der Waals surface area contributed by atoms with E-state index in [1.165, 1.54) is 0 Å². The molecule has 3 aromatic rings. The van der Waals surface area contributed by atoms with Crippen molar-refractivity contribution in [1.29, 1.82) is 0 Å². The van der Waals surface area contributed by atoms with Gasteiger partial charge in [-0.05, 0) is 54.1 Å². The molecule has 25 heavy (non-hydrogen) atoms. The molecule has 0 aliphatic heterocycles. The number of benzene rings is 2. The number of aromatic amines is 1. The van der Waals surface area contributed by atoms with Crippen molar-refractivity contribution in [2.24, 2.45) is 0 Å². The number of rotatable bonds is 5. The maximum absolute atomic E-state index is 12.1. The Morgan fingerprint density at radius 3 is 2.76 bits per heavy atom. The Balaban J connectivity index is 1.61. The third-order valence-corrected chi connectivity index (χ3v) is 4.17. The molecule has 1 aromatic heterocycles. The molecule has 128 valence electrons. The van der Waals surface area contributed by atoms with Crippen LogP contribution in [0.15, 0.2) is 53.3 Å². The first-order chi connectivity index (χ1) is 12.0. The van der Waals surface area contributed by atoms with Gasteiger partial charge in [-0.1, -0.05) is 24.3 Å². The van der Waals surface area contributed by atoms with Gasteiger partial charge >= 0.3 is 0 Å². The first-order valence-electron chi connectivity index (χ1n) is 8.19. The molecule has 0 fully saturated rings. The minimum atomic E-state index is -0.0952. The number of nitrogens with one attached hydrogen (secondary N) is 2. The molecule has 1 amide bonds. The van der Waals surface area contributed by atoms with E-state index >= 15 is 0 Å². The molecule has 0 atom stereocenters. The van der Waals surface area contributed by atoms with Gasteiger partial charge in [-0.15, -0.1) is 0 Å². The average molecular weight is 336 g/mol. The summed E-state index contributed by atoms with van der Waals surface area (Å²) >= 11 is 0. The summed E-state index contributed by atoms with van der Waals surface area (Å²) < 4.78 is 0. The van der Waals surface area contributed by atoms with Crippen LogP contribution in [-0.2, 0) is 17.6 Å². The van der Waals surface area contributed by atoms with Crippen LogP contribution in [0.25, 0.3) is 10.9 Å². The summed E-state index contributed by atoms with van der Waals surface area (Å²) in [7, 11) is 0. The van der Waals surface area contributed by atoms with Crippen LogP contribution in [0, 0.1) is 6.92 Å². The lowest BCUT2D eigenvalue weighted by atomic mass is 10.1. The van der Waals surface area contributed by atoms with E-state index in [1.807, 2.05) is 36.4 Å². The normalized spacial score (nSPS) is 10.8. The van der Waals surface area contributed by atoms with Gasteiger partial charge < -0.3 is 15.4 Å². The van der Waals surface area contributed by atoms with Crippen molar-refractivity contribution in [1.82, 2.24) is 10.3 Å². The third-order valence-electron chi connectivity index (χ3n) is 4.17. The monoisotopic (exact) mass is 336 g/mol. The number of aromatic hydroxyl groups is 1. The standard InChI is InChI=1S/C20H20N2O3/c1-13-10-16-11-14(6-7-17(16)22-20(13)25)12-19(24)21-9-8-15-4-2-3-5-18(15)23/h2-7,10-11,23H,8-9,12H2,1H3,(H,21,24)(H,22,25). The molecule has 5 heteroatoms. The number of aromatic nitrogens is 1. The second-order valence-corrected chi connectivity index (χ2v) is 6.11. The molecule has 0 unspecified atom stereocenters. The summed E-state index contributed by atoms with van der Waals surface area (Å²) in [6.45, 7) is 2.23. The highest BCUT2D eigenvalue weighted by molar-refractivity contribution is 5.83. The number of phenols is 1. The Labute approximate surface area is 145 Å². The van der Waals surface area contributed by atoms with E-state index in [0.717, 1.165) is 22.0 Å². The predicted molar refractivity (Wildman–Crippen MR) is 97.8 cm³/mol. The van der Waals surface area contributed by atoms with Gasteiger partial charge in [0.15, 0.2) is 0 Å². The van der Waals surface area contributed by atoms with Gasteiger partial charge in [0.1, 0.15) is 5.75 Å². The number of H-pyrrole nitrogens is 1. The van der Waals surface area contributed by atoms with Gasteiger partial charge in [0.05, 0.1) is 6.42 Å². The molecule has 3 rings (SSSR count). The number of hydrogen-bond donors (Lipinski definition) is 3. The number of amides is 1. The van der Waals surface area contributed by atoms with E-state index in [0.29, 0.717) is 18.5 Å². The zero-order valence-electron chi connectivity index (χ0n) is 14.0. The number of aryl methyl sites for hydroxylation is 1. The van der Waals surface area contributed by atoms with Crippen LogP contribution in [0.2, 0.25) is 0 Å². The molecule has 0 spiro atoms. The summed E-state index contributed by atoms with van der Waals surface area (Å²) in [6.07, 6.45) is 0.853. The molecule has 0 aliphatic rings. The predicted octanol–water partition coefficient (Wildman–Crippen LogP) is 2.44. The van der Waals surface area contributed by atoms with Crippen LogP contribution in [0.3, 0.4) is 0 Å². The summed E-state index contributed by atoms with van der Waals surface area (Å²) in [5.41, 5.74) is 3.02. The third kappa shape index (κ3) is 4.07. The molecule has 0 aliphatic carbocycles. The van der Waals surface area contributed by atoms with E-state index in [2.05, 4.69) is 10.3 Å². The Kier molecular flexibility index (Phi) is 4.84. The largest absolute Gasteiger partial charge is 0.508 e. The number of phenolic OH excluding ortho intramolecular Hbond substituents is 1. The van der Waals surface area contributed by atoms with E-state index in [9.17, 15) is 14.7 Å². The number of fused-ring (bicyclic) bond motifs is 1. The number of para-hydroxylation sites is 1. The van der Waals surface area contributed by atoms with Crippen molar-refractivity contribution in [2.75, 3.05) is 6.54 Å². The Morgan fingerprint density at radius 1 is 1.16 bits per heavy atom. The van der Waals surface area contributed by atoms with Crippen LogP contribution >= 0.6 is 0 Å². The van der Waals surface area contributed by atoms with Gasteiger partial charge in [0, 0.05) is 17.6 Å². The molecule has 0 saturated heterocycles. The van der Waals surface area contributed by atoms with Crippen molar-refractivity contribution in [2.45, 2.75) is 19.8 Å². The quantitative estimate of drug-likeness (QED) is 0.669. The van der Waals surface area contributed by atoms with Crippen molar-refractivity contribution in [3.05, 3.63) is 75.6 Å². The highest BCUT2D eigenvalue weighted by atomic mass is 16.3. The van der Waals surface area contributed by atoms with Crippen LogP contribution in [0.5, 0.6) is 5.75 Å². The molecule has 0 saturated carbocycles. The van der Waals surface area contributed by atoms with Crippen LogP contribution < -0.4 is 10.9 Å². The second kappa shape index (κ2) is 7.21. The topological polar surface area (TPSA) is 82.2 Å². The SMILES string of the molecule is Cc1cc2cc(CC(=O)NCCc3ccccc3O)ccc2[nH]c1=O. The first-order valence-corrected chi connectivity index (χ1v) is 8.19. The highest BCUT2D eigenvalue weighted by Gasteiger charge is 2.06. The Bertz CT molecular complexity index is 976. The molecule has 3 N–H and O–H groups in total. The summed E-state index contributed by atoms with van der Waals surface area (Å²) in [5.74, 6) is 0.173. The molecule has 5 nitrogen and oxygen atoms in total. The number of carbonyl (C=O) groups is 1. The highest BCUT2D eigenvalue weighted by Crippen LogP contribution is 2.16. The maximum atomic E-state index is 12.1. The van der Waals surface area contributed by atoms with Crippen molar-refractivity contribution in [3.8, 4) is 5.75 Å². The minimum Gasteiger partial charge on any atom is -0.508 e. The zero-order valence-corrected chi connectivity index (χ0v) is 14.0. The lowest BCUT2D eigenvalue weighted by molar-refractivity contribution is -0.120. The molecular formula is C20H20N2O3. The lowest BCUT2D eigenvalue weighted by Crippen LogP contribution is -2.27. The van der Waals surface area contributed by atoms with E-state index < -0.39 is 0 Å². The molecule has 1 heterocycles. The van der Waals surface area contributed by atoms with Gasteiger partial charge in [0.2, 0.25) is 5.91 Å². The first kappa shape index (κ1) is 16.8. The van der Waals surface area contributed by atoms with Crippen molar-refractivity contribution in [3.63, 3.8) is 0 Å². The van der Waals surface area contributed by atoms with Crippen LogP contribution in [-0.4, -0.2) is 22.5 Å². The molecule has 0 radical (unpaired) electrons. The summed E-state index contributed by atoms with van der Waals surface area (Å²) in [5, 5.41) is 13.5. The number of pyridine rings is 1. The van der Waals surface area contributed by atoms with Gasteiger partial charge in [-0.3, -0.25) is 9.59 Å². The fraction of sp³-hybridized carbons (Fsp3) is 0.200. The molecular weight excluding hydrogens is 316 g/mol. The Hall–Kier alpha value is -3.08. The van der Waals surface area contributed by atoms with Gasteiger partial charge in [-0.2, -0.15) is 0 Å². The van der Waals surface area contributed by atoms with E-state index in [4.69, 9.17) is 0 Å². The smallest absolute Gasteiger partial charge is 0.251 e. The van der Waals surface area contributed by atoms with E-state index in [-0.39, 0.29) is 23.6 Å². The van der Waals surface area contributed by atoms with E-state index in [1.54, 1.807) is 19.1 Å². The number of carbonyl (C=O) groups excluding carboxylic acids is 1. The van der Waals surface area contributed by atoms with Gasteiger partial charge in [-0.25, -0.2) is 0 Å². The van der Waals surface area contributed by atoms with Crippen LogP contribution in [0.1, 0.15) is 16.7 Å². The fourth-order valence-corrected chi connectivity index (χ4v) is 2.78. The average Bonchev–Trinajstić information content (AvgIpc) is 2.58. The van der Waals surface area contributed by atoms with Crippen LogP contribution in [0.4, 0.5) is 0 Å². The Morgan fingerprint density at radius 2 is 1.96 bits per heavy atom. The second-order valence-electron chi connectivity index (χ2n) is 6.11. The zero-order chi connectivity index (χ0) is 17.8. The number of hydrogen-bond acceptors (Lipinski definition) is 3. The fourth-order valence-electron chi connectivity index (χ4n) is 2.78. The van der Waals surface area contributed by atoms with Crippen molar-refractivity contribution < 1.29 is 9.90 Å². The van der Waals surface area contributed by atoms with Crippen molar-refractivity contribution >= 4 is 16.8 Å². The summed E-state index contributed by atoms with van der Waals surface area (Å²) in [6, 6.07) is 14.5. The molecule has 2 aromatic carbocycles. The minimum absolute atomic E-state index is 0.0732.